The number of carbonyl (C=O) groups is 1. The molecule has 0 radical (unpaired) electrons. The van der Waals surface area contributed by atoms with Crippen molar-refractivity contribution in [3.8, 4) is 5.75 Å². The fraction of sp³-hybridized carbons (Fsp3) is 0.0526. The van der Waals surface area contributed by atoms with Crippen LogP contribution in [0.2, 0.25) is 0 Å². The maximum Gasteiger partial charge on any atom is 0.273 e. The fourth-order valence-corrected chi connectivity index (χ4v) is 2.53. The SMILES string of the molecule is C=CCc1cccc(C=NNC(=O)c2cccc3cc[nH]c23)c1O. The van der Waals surface area contributed by atoms with E-state index in [0.717, 1.165) is 16.5 Å². The van der Waals surface area contributed by atoms with Gasteiger partial charge in [-0.2, -0.15) is 5.10 Å². The van der Waals surface area contributed by atoms with E-state index < -0.39 is 0 Å². The molecule has 0 aliphatic carbocycles. The van der Waals surface area contributed by atoms with Crippen LogP contribution < -0.4 is 5.43 Å². The molecule has 24 heavy (non-hydrogen) atoms. The summed E-state index contributed by atoms with van der Waals surface area (Å²) in [6, 6.07) is 12.7. The predicted octanol–water partition coefficient (Wildman–Crippen LogP) is 3.37. The normalized spacial score (nSPS) is 11.0. The second-order valence-electron chi connectivity index (χ2n) is 5.29. The third kappa shape index (κ3) is 3.05. The number of carbonyl (C=O) groups excluding carboxylic acids is 1. The minimum atomic E-state index is -0.318. The molecule has 0 aliphatic rings. The second-order valence-corrected chi connectivity index (χ2v) is 5.29. The number of rotatable bonds is 5. The average molecular weight is 319 g/mol. The van der Waals surface area contributed by atoms with Crippen molar-refractivity contribution in [2.45, 2.75) is 6.42 Å². The average Bonchev–Trinajstić information content (AvgIpc) is 3.06. The highest BCUT2D eigenvalue weighted by Crippen LogP contribution is 2.21. The molecule has 5 heteroatoms. The molecule has 3 N–H and O–H groups in total. The fourth-order valence-electron chi connectivity index (χ4n) is 2.53. The molecule has 0 spiro atoms. The molecule has 5 nitrogen and oxygen atoms in total. The third-order valence-electron chi connectivity index (χ3n) is 3.72. The Kier molecular flexibility index (Phi) is 4.43. The van der Waals surface area contributed by atoms with Gasteiger partial charge in [-0.25, -0.2) is 5.43 Å². The standard InChI is InChI=1S/C19H17N3O2/c1-2-5-14-7-3-8-15(18(14)23)12-21-22-19(24)16-9-4-6-13-10-11-20-17(13)16/h2-4,6-12,20,23H,1,5H2,(H,22,24). The molecule has 1 aromatic heterocycles. The summed E-state index contributed by atoms with van der Waals surface area (Å²) in [5, 5.41) is 15.1. The number of amides is 1. The predicted molar refractivity (Wildman–Crippen MR) is 95.4 cm³/mol. The smallest absolute Gasteiger partial charge is 0.273 e. The molecule has 1 heterocycles. The van der Waals surface area contributed by atoms with E-state index in [-0.39, 0.29) is 11.7 Å². The van der Waals surface area contributed by atoms with E-state index in [0.29, 0.717) is 17.5 Å². The lowest BCUT2D eigenvalue weighted by atomic mass is 10.1. The molecule has 3 rings (SSSR count). The van der Waals surface area contributed by atoms with Gasteiger partial charge < -0.3 is 10.1 Å². The van der Waals surface area contributed by atoms with Crippen LogP contribution in [0.3, 0.4) is 0 Å². The van der Waals surface area contributed by atoms with E-state index in [1.165, 1.54) is 6.21 Å². The van der Waals surface area contributed by atoms with Gasteiger partial charge in [0.1, 0.15) is 5.75 Å². The second kappa shape index (κ2) is 6.83. The van der Waals surface area contributed by atoms with Gasteiger partial charge in [-0.05, 0) is 30.2 Å². The zero-order valence-corrected chi connectivity index (χ0v) is 13.0. The number of H-pyrrole nitrogens is 1. The van der Waals surface area contributed by atoms with E-state index in [4.69, 9.17) is 0 Å². The zero-order valence-electron chi connectivity index (χ0n) is 13.0. The zero-order chi connectivity index (χ0) is 16.9. The molecule has 2 aromatic carbocycles. The van der Waals surface area contributed by atoms with Crippen LogP contribution in [0.5, 0.6) is 5.75 Å². The maximum absolute atomic E-state index is 12.3. The molecule has 1 amide bonds. The van der Waals surface area contributed by atoms with Crippen molar-refractivity contribution >= 4 is 23.0 Å². The number of allylic oxidation sites excluding steroid dienone is 1. The summed E-state index contributed by atoms with van der Waals surface area (Å²) >= 11 is 0. The summed E-state index contributed by atoms with van der Waals surface area (Å²) in [6.07, 6.45) is 5.49. The molecule has 0 saturated heterocycles. The Morgan fingerprint density at radius 1 is 1.25 bits per heavy atom. The van der Waals surface area contributed by atoms with Gasteiger partial charge in [0.15, 0.2) is 0 Å². The summed E-state index contributed by atoms with van der Waals surface area (Å²) in [5.41, 5.74) is 5.06. The number of hydrogen-bond acceptors (Lipinski definition) is 3. The molecular formula is C19H17N3O2. The number of aromatic amines is 1. The van der Waals surface area contributed by atoms with E-state index in [2.05, 4.69) is 22.1 Å². The van der Waals surface area contributed by atoms with Crippen LogP contribution in [0.4, 0.5) is 0 Å². The van der Waals surface area contributed by atoms with E-state index in [1.807, 2.05) is 30.3 Å². The Labute approximate surface area is 139 Å². The summed E-state index contributed by atoms with van der Waals surface area (Å²) in [7, 11) is 0. The van der Waals surface area contributed by atoms with Gasteiger partial charge >= 0.3 is 0 Å². The van der Waals surface area contributed by atoms with Crippen molar-refractivity contribution in [2.24, 2.45) is 5.10 Å². The van der Waals surface area contributed by atoms with Crippen molar-refractivity contribution < 1.29 is 9.90 Å². The summed E-state index contributed by atoms with van der Waals surface area (Å²) in [4.78, 5) is 15.3. The lowest BCUT2D eigenvalue weighted by molar-refractivity contribution is 0.0956. The Morgan fingerprint density at radius 3 is 2.92 bits per heavy atom. The highest BCUT2D eigenvalue weighted by molar-refractivity contribution is 6.05. The molecule has 0 unspecified atom stereocenters. The van der Waals surface area contributed by atoms with Crippen molar-refractivity contribution in [1.82, 2.24) is 10.4 Å². The van der Waals surface area contributed by atoms with Crippen molar-refractivity contribution in [1.29, 1.82) is 0 Å². The van der Waals surface area contributed by atoms with Gasteiger partial charge in [0.25, 0.3) is 5.91 Å². The first kappa shape index (κ1) is 15.6. The van der Waals surface area contributed by atoms with Gasteiger partial charge in [-0.1, -0.05) is 30.3 Å². The largest absolute Gasteiger partial charge is 0.507 e. The number of aromatic hydroxyl groups is 1. The minimum absolute atomic E-state index is 0.141. The monoisotopic (exact) mass is 319 g/mol. The lowest BCUT2D eigenvalue weighted by Gasteiger charge is -2.05. The van der Waals surface area contributed by atoms with E-state index in [1.54, 1.807) is 24.4 Å². The summed E-state index contributed by atoms with van der Waals surface area (Å²) in [5.74, 6) is -0.178. The Morgan fingerprint density at radius 2 is 2.08 bits per heavy atom. The molecule has 3 aromatic rings. The van der Waals surface area contributed by atoms with Crippen molar-refractivity contribution in [3.05, 3.63) is 78.0 Å². The Bertz CT molecular complexity index is 925. The molecule has 0 bridgehead atoms. The van der Waals surface area contributed by atoms with Gasteiger partial charge in [-0.3, -0.25) is 4.79 Å². The van der Waals surface area contributed by atoms with E-state index >= 15 is 0 Å². The van der Waals surface area contributed by atoms with Crippen LogP contribution in [-0.4, -0.2) is 22.2 Å². The highest BCUT2D eigenvalue weighted by Gasteiger charge is 2.10. The molecule has 120 valence electrons. The number of hydrogen-bond donors (Lipinski definition) is 3. The number of phenols is 1. The first-order valence-electron chi connectivity index (χ1n) is 7.52. The quantitative estimate of drug-likeness (QED) is 0.383. The number of hydrazone groups is 1. The number of para-hydroxylation sites is 2. The number of fused-ring (bicyclic) bond motifs is 1. The molecule has 0 saturated carbocycles. The summed E-state index contributed by atoms with van der Waals surface area (Å²) in [6.45, 7) is 3.66. The number of phenolic OH excluding ortho intramolecular Hbond substituents is 1. The maximum atomic E-state index is 12.3. The van der Waals surface area contributed by atoms with Gasteiger partial charge in [0, 0.05) is 17.1 Å². The van der Waals surface area contributed by atoms with Crippen LogP contribution in [0.25, 0.3) is 10.9 Å². The molecular weight excluding hydrogens is 302 g/mol. The van der Waals surface area contributed by atoms with E-state index in [9.17, 15) is 9.90 Å². The molecule has 0 atom stereocenters. The number of nitrogens with one attached hydrogen (secondary N) is 2. The highest BCUT2D eigenvalue weighted by atomic mass is 16.3. The summed E-state index contributed by atoms with van der Waals surface area (Å²) < 4.78 is 0. The van der Waals surface area contributed by atoms with Gasteiger partial charge in [0.05, 0.1) is 17.3 Å². The Balaban J connectivity index is 1.77. The molecule has 0 fully saturated rings. The van der Waals surface area contributed by atoms with Crippen LogP contribution in [-0.2, 0) is 6.42 Å². The number of benzene rings is 2. The Hall–Kier alpha value is -3.34. The number of aromatic nitrogens is 1. The van der Waals surface area contributed by atoms with Crippen molar-refractivity contribution in [3.63, 3.8) is 0 Å². The molecule has 0 aliphatic heterocycles. The van der Waals surface area contributed by atoms with Gasteiger partial charge in [-0.15, -0.1) is 6.58 Å². The van der Waals surface area contributed by atoms with Crippen LogP contribution in [0, 0.1) is 0 Å². The van der Waals surface area contributed by atoms with Crippen LogP contribution in [0.15, 0.2) is 66.4 Å². The lowest BCUT2D eigenvalue weighted by Crippen LogP contribution is -2.18. The number of nitrogens with zero attached hydrogens (tertiary/aromatic N) is 1. The minimum Gasteiger partial charge on any atom is -0.507 e. The third-order valence-corrected chi connectivity index (χ3v) is 3.72. The van der Waals surface area contributed by atoms with Gasteiger partial charge in [0.2, 0.25) is 0 Å². The van der Waals surface area contributed by atoms with Crippen LogP contribution in [0.1, 0.15) is 21.5 Å². The van der Waals surface area contributed by atoms with Crippen molar-refractivity contribution in [2.75, 3.05) is 0 Å². The first-order chi connectivity index (χ1) is 11.7. The first-order valence-corrected chi connectivity index (χ1v) is 7.52. The topological polar surface area (TPSA) is 77.5 Å². The van der Waals surface area contributed by atoms with Crippen LogP contribution >= 0.6 is 0 Å².